The van der Waals surface area contributed by atoms with Crippen molar-refractivity contribution in [3.8, 4) is 5.75 Å². The fourth-order valence-electron chi connectivity index (χ4n) is 2.19. The van der Waals surface area contributed by atoms with Gasteiger partial charge in [0.1, 0.15) is 21.4 Å². The van der Waals surface area contributed by atoms with Gasteiger partial charge in [-0.1, -0.05) is 0 Å². The van der Waals surface area contributed by atoms with Gasteiger partial charge < -0.3 is 14.9 Å². The van der Waals surface area contributed by atoms with Crippen molar-refractivity contribution in [2.75, 3.05) is 18.3 Å². The van der Waals surface area contributed by atoms with E-state index < -0.39 is 20.6 Å². The smallest absolute Gasteiger partial charge is 0.433 e. The molecule has 2 aromatic heterocycles. The predicted molar refractivity (Wildman–Crippen MR) is 101 cm³/mol. The number of hydrogen-bond acceptors (Lipinski definition) is 11. The molecule has 12 nitrogen and oxygen atoms in total. The summed E-state index contributed by atoms with van der Waals surface area (Å²) in [6.45, 7) is 0. The number of nitrogens with one attached hydrogen (secondary N) is 1. The van der Waals surface area contributed by atoms with Crippen LogP contribution in [0.15, 0.2) is 61.9 Å². The Labute approximate surface area is 164 Å². The van der Waals surface area contributed by atoms with Crippen molar-refractivity contribution in [2.45, 2.75) is 9.79 Å². The van der Waals surface area contributed by atoms with Gasteiger partial charge in [-0.2, -0.15) is 10.1 Å². The van der Waals surface area contributed by atoms with Gasteiger partial charge in [0.15, 0.2) is 5.76 Å². The van der Waals surface area contributed by atoms with Crippen molar-refractivity contribution < 1.29 is 22.5 Å². The maximum absolute atomic E-state index is 12.7. The first-order valence-electron chi connectivity index (χ1n) is 7.86. The predicted octanol–water partition coefficient (Wildman–Crippen LogP) is 1.85. The third-order valence-electron chi connectivity index (χ3n) is 3.59. The minimum atomic E-state index is -3.93. The van der Waals surface area contributed by atoms with E-state index in [4.69, 9.17) is 14.9 Å². The van der Waals surface area contributed by atoms with Gasteiger partial charge in [-0.25, -0.2) is 18.8 Å². The molecule has 0 saturated carbocycles. The van der Waals surface area contributed by atoms with Gasteiger partial charge in [-0.15, -0.1) is 0 Å². The van der Waals surface area contributed by atoms with Crippen molar-refractivity contribution in [3.63, 3.8) is 0 Å². The summed E-state index contributed by atoms with van der Waals surface area (Å²) < 4.78 is 35.3. The molecule has 0 aliphatic rings. The van der Waals surface area contributed by atoms with E-state index >= 15 is 0 Å². The fraction of sp³-hybridized carbons (Fsp3) is 0.0625. The van der Waals surface area contributed by atoms with Crippen LogP contribution in [0.3, 0.4) is 0 Å². The zero-order chi connectivity index (χ0) is 21.0. The number of furan rings is 1. The topological polar surface area (TPSA) is 176 Å². The van der Waals surface area contributed by atoms with Crippen LogP contribution in [0, 0.1) is 10.1 Å². The standard InChI is InChI=1S/C16H14N6O6S/c1-27-10-2-5-12(6-3-10)29(25,26)13-9-18-16(20-15(13)17)21-19-8-11-4-7-14(28-11)22(23)24/h2-9H,1H3,(H3,17,18,20,21). The van der Waals surface area contributed by atoms with E-state index in [2.05, 4.69) is 20.5 Å². The number of nitrogens with two attached hydrogens (primary N) is 1. The SMILES string of the molecule is COc1ccc(S(=O)(=O)c2cnc(NN=Cc3ccc([N+](=O)[O-])o3)nc2N)cc1. The second-order valence-corrected chi connectivity index (χ2v) is 7.34. The van der Waals surface area contributed by atoms with Crippen LogP contribution in [0.2, 0.25) is 0 Å². The summed E-state index contributed by atoms with van der Waals surface area (Å²) in [6, 6.07) is 8.30. The number of nitro groups is 1. The average molecular weight is 418 g/mol. The highest BCUT2D eigenvalue weighted by atomic mass is 32.2. The first-order chi connectivity index (χ1) is 13.8. The fourth-order valence-corrected chi connectivity index (χ4v) is 3.45. The molecule has 0 saturated heterocycles. The Morgan fingerprint density at radius 2 is 2.00 bits per heavy atom. The van der Waals surface area contributed by atoms with Crippen molar-refractivity contribution in [2.24, 2.45) is 5.10 Å². The molecule has 3 aromatic rings. The van der Waals surface area contributed by atoms with E-state index in [0.717, 1.165) is 12.4 Å². The number of hydrogen-bond donors (Lipinski definition) is 2. The lowest BCUT2D eigenvalue weighted by Gasteiger charge is -2.08. The van der Waals surface area contributed by atoms with Crippen LogP contribution >= 0.6 is 0 Å². The third-order valence-corrected chi connectivity index (χ3v) is 5.38. The third kappa shape index (κ3) is 4.30. The molecule has 0 fully saturated rings. The summed E-state index contributed by atoms with van der Waals surface area (Å²) in [5, 5.41) is 14.3. The number of rotatable bonds is 7. The van der Waals surface area contributed by atoms with Crippen molar-refractivity contribution in [1.82, 2.24) is 9.97 Å². The molecule has 150 valence electrons. The number of sulfone groups is 1. The lowest BCUT2D eigenvalue weighted by Crippen LogP contribution is -2.09. The minimum Gasteiger partial charge on any atom is -0.497 e. The Balaban J connectivity index is 1.76. The van der Waals surface area contributed by atoms with Gasteiger partial charge in [0.2, 0.25) is 15.8 Å². The first-order valence-corrected chi connectivity index (χ1v) is 9.34. The van der Waals surface area contributed by atoms with Crippen LogP contribution in [-0.2, 0) is 9.84 Å². The molecule has 1 aromatic carbocycles. The second-order valence-electron chi connectivity index (χ2n) is 5.43. The zero-order valence-corrected chi connectivity index (χ0v) is 15.7. The molecule has 0 unspecified atom stereocenters. The maximum atomic E-state index is 12.7. The van der Waals surface area contributed by atoms with Crippen LogP contribution in [0.25, 0.3) is 0 Å². The summed E-state index contributed by atoms with van der Waals surface area (Å²) in [4.78, 5) is 17.3. The molecule has 2 heterocycles. The summed E-state index contributed by atoms with van der Waals surface area (Å²) in [5.41, 5.74) is 8.21. The number of anilines is 2. The highest BCUT2D eigenvalue weighted by Gasteiger charge is 2.22. The molecule has 0 aliphatic heterocycles. The van der Waals surface area contributed by atoms with Gasteiger partial charge in [0.25, 0.3) is 0 Å². The quantitative estimate of drug-likeness (QED) is 0.327. The molecular formula is C16H14N6O6S. The molecule has 0 bridgehead atoms. The van der Waals surface area contributed by atoms with Crippen LogP contribution in [0.1, 0.15) is 5.76 Å². The first kappa shape index (κ1) is 19.8. The normalized spacial score (nSPS) is 11.5. The Bertz CT molecular complexity index is 1170. The molecular weight excluding hydrogens is 404 g/mol. The molecule has 0 radical (unpaired) electrons. The largest absolute Gasteiger partial charge is 0.497 e. The molecule has 3 N–H and O–H groups in total. The van der Waals surface area contributed by atoms with Gasteiger partial charge in [-0.05, 0) is 30.3 Å². The molecule has 0 amide bonds. The number of ether oxygens (including phenoxy) is 1. The van der Waals surface area contributed by atoms with Crippen LogP contribution < -0.4 is 15.9 Å². The molecule has 13 heteroatoms. The lowest BCUT2D eigenvalue weighted by atomic mass is 10.3. The molecule has 3 rings (SSSR count). The van der Waals surface area contributed by atoms with Crippen molar-refractivity contribution in [3.05, 3.63) is 58.5 Å². The number of hydrazone groups is 1. The molecule has 0 spiro atoms. The maximum Gasteiger partial charge on any atom is 0.433 e. The summed E-state index contributed by atoms with van der Waals surface area (Å²) in [5.74, 6) is -0.154. The lowest BCUT2D eigenvalue weighted by molar-refractivity contribution is -0.402. The number of aromatic nitrogens is 2. The Morgan fingerprint density at radius 1 is 1.28 bits per heavy atom. The number of nitrogen functional groups attached to an aromatic ring is 1. The monoisotopic (exact) mass is 418 g/mol. The Kier molecular flexibility index (Phi) is 5.40. The average Bonchev–Trinajstić information content (AvgIpc) is 3.17. The number of benzene rings is 1. The summed E-state index contributed by atoms with van der Waals surface area (Å²) in [6.07, 6.45) is 2.21. The summed E-state index contributed by atoms with van der Waals surface area (Å²) in [7, 11) is -2.46. The summed E-state index contributed by atoms with van der Waals surface area (Å²) >= 11 is 0. The Hall–Kier alpha value is -4.00. The molecule has 0 aliphatic carbocycles. The zero-order valence-electron chi connectivity index (χ0n) is 14.8. The van der Waals surface area contributed by atoms with Gasteiger partial charge >= 0.3 is 5.88 Å². The van der Waals surface area contributed by atoms with Gasteiger partial charge in [0.05, 0.1) is 30.5 Å². The van der Waals surface area contributed by atoms with Crippen LogP contribution in [-0.4, -0.2) is 36.6 Å². The Morgan fingerprint density at radius 3 is 2.59 bits per heavy atom. The highest BCUT2D eigenvalue weighted by molar-refractivity contribution is 7.91. The van der Waals surface area contributed by atoms with Gasteiger partial charge in [0, 0.05) is 0 Å². The van der Waals surface area contributed by atoms with Gasteiger partial charge in [-0.3, -0.25) is 10.1 Å². The van der Waals surface area contributed by atoms with E-state index in [1.54, 1.807) is 0 Å². The highest BCUT2D eigenvalue weighted by Crippen LogP contribution is 2.26. The molecule has 29 heavy (non-hydrogen) atoms. The number of methoxy groups -OCH3 is 1. The van der Waals surface area contributed by atoms with E-state index in [0.29, 0.717) is 5.75 Å². The van der Waals surface area contributed by atoms with E-state index in [1.807, 2.05) is 0 Å². The van der Waals surface area contributed by atoms with Crippen molar-refractivity contribution >= 4 is 33.7 Å². The van der Waals surface area contributed by atoms with Crippen molar-refractivity contribution in [1.29, 1.82) is 0 Å². The second kappa shape index (κ2) is 7.93. The van der Waals surface area contributed by atoms with E-state index in [9.17, 15) is 18.5 Å². The van der Waals surface area contributed by atoms with Crippen LogP contribution in [0.5, 0.6) is 5.75 Å². The minimum absolute atomic E-state index is 0.00624. The van der Waals surface area contributed by atoms with E-state index in [1.165, 1.54) is 43.5 Å². The van der Waals surface area contributed by atoms with Crippen LogP contribution in [0.4, 0.5) is 17.7 Å². The number of nitrogens with zero attached hydrogens (tertiary/aromatic N) is 4. The molecule has 0 atom stereocenters. The van der Waals surface area contributed by atoms with E-state index in [-0.39, 0.29) is 27.3 Å².